The summed E-state index contributed by atoms with van der Waals surface area (Å²) in [5.41, 5.74) is 6.06. The van der Waals surface area contributed by atoms with Crippen LogP contribution < -0.4 is 10.5 Å². The second kappa shape index (κ2) is 6.29. The molecular weight excluding hydrogens is 386 g/mol. The minimum Gasteiger partial charge on any atom is -0.364 e. The zero-order valence-corrected chi connectivity index (χ0v) is 15.4. The molecule has 27 heavy (non-hydrogen) atoms. The molecule has 1 amide bonds. The van der Waals surface area contributed by atoms with Gasteiger partial charge in [-0.1, -0.05) is 48.0 Å². The number of aromatic nitrogens is 1. The average Bonchev–Trinajstić information content (AvgIpc) is 3.01. The van der Waals surface area contributed by atoms with Gasteiger partial charge in [0.1, 0.15) is 10.6 Å². The highest BCUT2D eigenvalue weighted by atomic mass is 35.5. The third-order valence-electron chi connectivity index (χ3n) is 4.26. The number of benzene rings is 3. The summed E-state index contributed by atoms with van der Waals surface area (Å²) < 4.78 is 28.9. The van der Waals surface area contributed by atoms with Crippen LogP contribution in [0.4, 0.5) is 5.69 Å². The van der Waals surface area contributed by atoms with E-state index < -0.39 is 15.9 Å². The number of nitrogens with one attached hydrogen (secondary N) is 2. The van der Waals surface area contributed by atoms with Gasteiger partial charge in [-0.25, -0.2) is 8.42 Å². The number of aromatic amines is 1. The van der Waals surface area contributed by atoms with E-state index in [1.807, 2.05) is 30.3 Å². The molecule has 0 saturated heterocycles. The lowest BCUT2D eigenvalue weighted by Crippen LogP contribution is -2.20. The predicted molar refractivity (Wildman–Crippen MR) is 107 cm³/mol. The number of amides is 1. The van der Waals surface area contributed by atoms with Crippen molar-refractivity contribution in [3.8, 4) is 0 Å². The van der Waals surface area contributed by atoms with Crippen molar-refractivity contribution >= 4 is 54.9 Å². The van der Waals surface area contributed by atoms with Crippen LogP contribution in [0.25, 0.3) is 21.7 Å². The molecule has 4 rings (SSSR count). The standard InChI is InChI=1S/C19H14ClN3O3S/c20-12-8-9-15-14(10-12)18(17(22-15)19(21)24)27(25,26)23-16-7-3-5-11-4-1-2-6-13(11)16/h1-10,22-23H,(H2,21,24). The van der Waals surface area contributed by atoms with Crippen LogP contribution in [0, 0.1) is 0 Å². The van der Waals surface area contributed by atoms with E-state index in [0.29, 0.717) is 21.6 Å². The van der Waals surface area contributed by atoms with Crippen molar-refractivity contribution in [2.75, 3.05) is 4.72 Å². The van der Waals surface area contributed by atoms with Crippen molar-refractivity contribution in [2.45, 2.75) is 4.90 Å². The molecule has 3 aromatic carbocycles. The monoisotopic (exact) mass is 399 g/mol. The minimum absolute atomic E-state index is 0.194. The lowest BCUT2D eigenvalue weighted by atomic mass is 10.1. The predicted octanol–water partition coefficient (Wildman–Crippen LogP) is 3.87. The number of primary amides is 1. The Labute approximate surface area is 160 Å². The Balaban J connectivity index is 1.93. The van der Waals surface area contributed by atoms with Crippen LogP contribution >= 0.6 is 11.6 Å². The third kappa shape index (κ3) is 3.01. The summed E-state index contributed by atoms with van der Waals surface area (Å²) in [6.45, 7) is 0. The number of anilines is 1. The lowest BCUT2D eigenvalue weighted by Gasteiger charge is -2.11. The van der Waals surface area contributed by atoms with Gasteiger partial charge in [-0.05, 0) is 29.7 Å². The fraction of sp³-hybridized carbons (Fsp3) is 0. The smallest absolute Gasteiger partial charge is 0.266 e. The molecule has 4 aromatic rings. The second-order valence-electron chi connectivity index (χ2n) is 6.02. The molecule has 1 aromatic heterocycles. The number of hydrogen-bond donors (Lipinski definition) is 3. The quantitative estimate of drug-likeness (QED) is 0.485. The van der Waals surface area contributed by atoms with E-state index >= 15 is 0 Å². The summed E-state index contributed by atoms with van der Waals surface area (Å²) in [4.78, 5) is 14.4. The van der Waals surface area contributed by atoms with E-state index in [1.165, 1.54) is 6.07 Å². The van der Waals surface area contributed by atoms with Crippen molar-refractivity contribution in [1.29, 1.82) is 0 Å². The van der Waals surface area contributed by atoms with Gasteiger partial charge in [-0.3, -0.25) is 9.52 Å². The number of hydrogen-bond acceptors (Lipinski definition) is 3. The van der Waals surface area contributed by atoms with E-state index in [0.717, 1.165) is 10.8 Å². The molecule has 136 valence electrons. The van der Waals surface area contributed by atoms with Crippen molar-refractivity contribution in [1.82, 2.24) is 4.98 Å². The Kier molecular flexibility index (Phi) is 4.05. The maximum Gasteiger partial charge on any atom is 0.266 e. The van der Waals surface area contributed by atoms with E-state index in [9.17, 15) is 13.2 Å². The Bertz CT molecular complexity index is 1310. The van der Waals surface area contributed by atoms with E-state index in [1.54, 1.807) is 24.3 Å². The van der Waals surface area contributed by atoms with Gasteiger partial charge in [0.25, 0.3) is 15.9 Å². The maximum absolute atomic E-state index is 13.2. The highest BCUT2D eigenvalue weighted by molar-refractivity contribution is 7.93. The molecule has 0 aliphatic rings. The zero-order valence-electron chi connectivity index (χ0n) is 13.9. The van der Waals surface area contributed by atoms with Crippen molar-refractivity contribution in [2.24, 2.45) is 5.73 Å². The first-order valence-corrected chi connectivity index (χ1v) is 9.84. The minimum atomic E-state index is -4.12. The highest BCUT2D eigenvalue weighted by Crippen LogP contribution is 2.32. The summed E-state index contributed by atoms with van der Waals surface area (Å²) in [5, 5.41) is 2.26. The second-order valence-corrected chi connectivity index (χ2v) is 8.07. The molecule has 0 radical (unpaired) electrons. The van der Waals surface area contributed by atoms with Crippen LogP contribution in [0.3, 0.4) is 0 Å². The summed E-state index contributed by atoms with van der Waals surface area (Å²) in [5.74, 6) is -0.874. The lowest BCUT2D eigenvalue weighted by molar-refractivity contribution is 0.0993. The normalized spacial score (nSPS) is 11.7. The Morgan fingerprint density at radius 1 is 1.00 bits per heavy atom. The first-order chi connectivity index (χ1) is 12.9. The molecule has 0 aliphatic heterocycles. The highest BCUT2D eigenvalue weighted by Gasteiger charge is 2.27. The molecule has 0 aliphatic carbocycles. The summed E-state index contributed by atoms with van der Waals surface area (Å²) in [7, 11) is -4.12. The number of carbonyl (C=O) groups excluding carboxylic acids is 1. The van der Waals surface area contributed by atoms with Crippen LogP contribution in [-0.2, 0) is 10.0 Å². The number of rotatable bonds is 4. The van der Waals surface area contributed by atoms with Gasteiger partial charge in [0.15, 0.2) is 0 Å². The maximum atomic E-state index is 13.2. The van der Waals surface area contributed by atoms with Gasteiger partial charge in [0, 0.05) is 21.3 Å². The van der Waals surface area contributed by atoms with Crippen molar-refractivity contribution < 1.29 is 13.2 Å². The van der Waals surface area contributed by atoms with Crippen LogP contribution in [0.2, 0.25) is 5.02 Å². The molecule has 6 nitrogen and oxygen atoms in total. The number of nitrogens with two attached hydrogens (primary N) is 1. The molecule has 0 atom stereocenters. The van der Waals surface area contributed by atoms with Crippen LogP contribution in [0.1, 0.15) is 10.5 Å². The van der Waals surface area contributed by atoms with E-state index in [-0.39, 0.29) is 10.6 Å². The fourth-order valence-electron chi connectivity index (χ4n) is 3.10. The summed E-state index contributed by atoms with van der Waals surface area (Å²) in [6.07, 6.45) is 0. The number of H-pyrrole nitrogens is 1. The average molecular weight is 400 g/mol. The number of fused-ring (bicyclic) bond motifs is 2. The molecule has 0 spiro atoms. The molecule has 1 heterocycles. The van der Waals surface area contributed by atoms with Crippen LogP contribution in [-0.4, -0.2) is 19.3 Å². The number of halogens is 1. The molecule has 4 N–H and O–H groups in total. The Hall–Kier alpha value is -3.03. The van der Waals surface area contributed by atoms with Gasteiger partial charge in [0.2, 0.25) is 0 Å². The Morgan fingerprint density at radius 2 is 1.74 bits per heavy atom. The first-order valence-electron chi connectivity index (χ1n) is 7.98. The Morgan fingerprint density at radius 3 is 2.52 bits per heavy atom. The largest absolute Gasteiger partial charge is 0.364 e. The molecular formula is C19H14ClN3O3S. The van der Waals surface area contributed by atoms with Gasteiger partial charge >= 0.3 is 0 Å². The van der Waals surface area contributed by atoms with Gasteiger partial charge < -0.3 is 10.7 Å². The van der Waals surface area contributed by atoms with Gasteiger partial charge in [0.05, 0.1) is 5.69 Å². The van der Waals surface area contributed by atoms with Gasteiger partial charge in [-0.2, -0.15) is 0 Å². The van der Waals surface area contributed by atoms with Crippen molar-refractivity contribution in [3.05, 3.63) is 71.4 Å². The molecule has 0 bridgehead atoms. The van der Waals surface area contributed by atoms with Crippen LogP contribution in [0.5, 0.6) is 0 Å². The number of sulfonamides is 1. The number of carbonyl (C=O) groups is 1. The molecule has 0 unspecified atom stereocenters. The molecule has 0 fully saturated rings. The van der Waals surface area contributed by atoms with Gasteiger partial charge in [-0.15, -0.1) is 0 Å². The summed E-state index contributed by atoms with van der Waals surface area (Å²) in [6, 6.07) is 17.4. The molecule has 0 saturated carbocycles. The van der Waals surface area contributed by atoms with E-state index in [2.05, 4.69) is 9.71 Å². The van der Waals surface area contributed by atoms with Crippen molar-refractivity contribution in [3.63, 3.8) is 0 Å². The fourth-order valence-corrected chi connectivity index (χ4v) is 4.72. The topological polar surface area (TPSA) is 105 Å². The van der Waals surface area contributed by atoms with Crippen LogP contribution in [0.15, 0.2) is 65.6 Å². The van der Waals surface area contributed by atoms with E-state index in [4.69, 9.17) is 17.3 Å². The SMILES string of the molecule is NC(=O)c1[nH]c2ccc(Cl)cc2c1S(=O)(=O)Nc1cccc2ccccc12. The first kappa shape index (κ1) is 17.4. The zero-order chi connectivity index (χ0) is 19.2. The molecule has 8 heteroatoms. The third-order valence-corrected chi connectivity index (χ3v) is 5.95. The summed E-state index contributed by atoms with van der Waals surface area (Å²) >= 11 is 6.02.